The highest BCUT2D eigenvalue weighted by molar-refractivity contribution is 7.18. The van der Waals surface area contributed by atoms with Crippen LogP contribution in [0.3, 0.4) is 0 Å². The Hall–Kier alpha value is -2.79. The van der Waals surface area contributed by atoms with Crippen LogP contribution in [0.5, 0.6) is 0 Å². The van der Waals surface area contributed by atoms with Gasteiger partial charge in [0.2, 0.25) is 5.13 Å². The second kappa shape index (κ2) is 5.93. The molecule has 0 fully saturated rings. The quantitative estimate of drug-likeness (QED) is 0.543. The zero-order chi connectivity index (χ0) is 16.6. The second-order valence-electron chi connectivity index (χ2n) is 6.27. The van der Waals surface area contributed by atoms with Crippen molar-refractivity contribution in [2.24, 2.45) is 0 Å². The van der Waals surface area contributed by atoms with Crippen molar-refractivity contribution in [3.63, 3.8) is 0 Å². The summed E-state index contributed by atoms with van der Waals surface area (Å²) in [5, 5.41) is 13.2. The van der Waals surface area contributed by atoms with Gasteiger partial charge in [-0.05, 0) is 35.1 Å². The van der Waals surface area contributed by atoms with Crippen molar-refractivity contribution in [1.29, 1.82) is 0 Å². The molecule has 1 aliphatic rings. The molecule has 0 radical (unpaired) electrons. The summed E-state index contributed by atoms with van der Waals surface area (Å²) >= 11 is 1.66. The number of fused-ring (bicyclic) bond motifs is 2. The van der Waals surface area contributed by atoms with E-state index in [2.05, 4.69) is 62.5 Å². The van der Waals surface area contributed by atoms with Crippen LogP contribution in [0.1, 0.15) is 11.1 Å². The summed E-state index contributed by atoms with van der Waals surface area (Å²) in [6, 6.07) is 17.0. The summed E-state index contributed by atoms with van der Waals surface area (Å²) in [6.07, 6.45) is 4.77. The Morgan fingerprint density at radius 1 is 0.920 bits per heavy atom. The van der Waals surface area contributed by atoms with E-state index in [1.807, 2.05) is 18.5 Å². The molecule has 0 bridgehead atoms. The maximum Gasteiger partial charge on any atom is 0.208 e. The van der Waals surface area contributed by atoms with Crippen molar-refractivity contribution in [3.8, 4) is 10.6 Å². The molecule has 1 aliphatic heterocycles. The van der Waals surface area contributed by atoms with E-state index in [4.69, 9.17) is 0 Å². The lowest BCUT2D eigenvalue weighted by Gasteiger charge is -2.27. The molecule has 0 N–H and O–H groups in total. The van der Waals surface area contributed by atoms with Gasteiger partial charge in [0.15, 0.2) is 0 Å². The molecule has 4 aromatic rings. The standard InChI is InChI=1S/C20H16N4S/c1-2-4-18-13-24(10-8-14(18)3-1)20-23-22-19(25-20)16-5-6-17-12-21-9-7-15(17)11-16/h1-7,9,11-12H,8,10,13H2. The summed E-state index contributed by atoms with van der Waals surface area (Å²) in [6.45, 7) is 1.91. The molecule has 0 saturated heterocycles. The van der Waals surface area contributed by atoms with Gasteiger partial charge in [-0.1, -0.05) is 47.7 Å². The third-order valence-electron chi connectivity index (χ3n) is 4.70. The van der Waals surface area contributed by atoms with Crippen LogP contribution in [0.2, 0.25) is 0 Å². The summed E-state index contributed by atoms with van der Waals surface area (Å²) in [5.74, 6) is 0. The van der Waals surface area contributed by atoms with Crippen molar-refractivity contribution in [1.82, 2.24) is 15.2 Å². The highest BCUT2D eigenvalue weighted by Gasteiger charge is 2.19. The molecule has 4 nitrogen and oxygen atoms in total. The van der Waals surface area contributed by atoms with Crippen molar-refractivity contribution < 1.29 is 0 Å². The normalized spacial score (nSPS) is 13.8. The fraction of sp³-hybridized carbons (Fsp3) is 0.150. The first-order valence-electron chi connectivity index (χ1n) is 8.36. The Bertz CT molecular complexity index is 1060. The molecule has 0 saturated carbocycles. The third-order valence-corrected chi connectivity index (χ3v) is 5.74. The minimum atomic E-state index is 0.911. The van der Waals surface area contributed by atoms with Gasteiger partial charge < -0.3 is 4.90 Å². The minimum Gasteiger partial charge on any atom is -0.342 e. The number of aromatic nitrogens is 3. The van der Waals surface area contributed by atoms with Crippen molar-refractivity contribution in [2.75, 3.05) is 11.4 Å². The molecule has 0 atom stereocenters. The SMILES string of the molecule is c1ccc2c(c1)CCN(c1nnc(-c3ccc4cnccc4c3)s1)C2. The van der Waals surface area contributed by atoms with Crippen LogP contribution in [0.15, 0.2) is 60.9 Å². The number of rotatable bonds is 2. The number of pyridine rings is 1. The van der Waals surface area contributed by atoms with Crippen LogP contribution < -0.4 is 4.90 Å². The molecule has 122 valence electrons. The summed E-state index contributed by atoms with van der Waals surface area (Å²) in [4.78, 5) is 6.49. The van der Waals surface area contributed by atoms with E-state index in [1.165, 1.54) is 16.5 Å². The number of benzene rings is 2. The van der Waals surface area contributed by atoms with Crippen molar-refractivity contribution in [2.45, 2.75) is 13.0 Å². The highest BCUT2D eigenvalue weighted by Crippen LogP contribution is 2.32. The average Bonchev–Trinajstić information content (AvgIpc) is 3.17. The Labute approximate surface area is 149 Å². The molecular weight excluding hydrogens is 328 g/mol. The van der Waals surface area contributed by atoms with E-state index in [0.29, 0.717) is 0 Å². The van der Waals surface area contributed by atoms with Crippen LogP contribution in [0.25, 0.3) is 21.3 Å². The molecule has 3 heterocycles. The van der Waals surface area contributed by atoms with Crippen molar-refractivity contribution >= 4 is 27.2 Å². The number of nitrogens with zero attached hydrogens (tertiary/aromatic N) is 4. The lowest BCUT2D eigenvalue weighted by molar-refractivity contribution is 0.724. The molecule has 0 spiro atoms. The average molecular weight is 344 g/mol. The topological polar surface area (TPSA) is 41.9 Å². The van der Waals surface area contributed by atoms with E-state index in [9.17, 15) is 0 Å². The minimum absolute atomic E-state index is 0.911. The molecular formula is C20H16N4S. The van der Waals surface area contributed by atoms with Gasteiger partial charge in [0.25, 0.3) is 0 Å². The van der Waals surface area contributed by atoms with Gasteiger partial charge in [-0.25, -0.2) is 0 Å². The predicted molar refractivity (Wildman–Crippen MR) is 102 cm³/mol. The van der Waals surface area contributed by atoms with Gasteiger partial charge in [0.05, 0.1) is 0 Å². The molecule has 0 amide bonds. The fourth-order valence-corrected chi connectivity index (χ4v) is 4.20. The van der Waals surface area contributed by atoms with E-state index in [0.717, 1.165) is 40.6 Å². The number of hydrogen-bond acceptors (Lipinski definition) is 5. The number of hydrogen-bond donors (Lipinski definition) is 0. The lowest BCUT2D eigenvalue weighted by Crippen LogP contribution is -2.30. The Morgan fingerprint density at radius 2 is 1.84 bits per heavy atom. The Morgan fingerprint density at radius 3 is 2.80 bits per heavy atom. The van der Waals surface area contributed by atoms with Gasteiger partial charge >= 0.3 is 0 Å². The van der Waals surface area contributed by atoms with Gasteiger partial charge in [-0.2, -0.15) is 0 Å². The van der Waals surface area contributed by atoms with Crippen molar-refractivity contribution in [3.05, 3.63) is 72.1 Å². The van der Waals surface area contributed by atoms with E-state index >= 15 is 0 Å². The summed E-state index contributed by atoms with van der Waals surface area (Å²) in [5.41, 5.74) is 3.95. The lowest BCUT2D eigenvalue weighted by atomic mass is 10.0. The summed E-state index contributed by atoms with van der Waals surface area (Å²) in [7, 11) is 0. The zero-order valence-corrected chi connectivity index (χ0v) is 14.4. The van der Waals surface area contributed by atoms with Gasteiger partial charge in [0, 0.05) is 36.4 Å². The molecule has 2 aromatic carbocycles. The largest absolute Gasteiger partial charge is 0.342 e. The molecule has 2 aromatic heterocycles. The summed E-state index contributed by atoms with van der Waals surface area (Å²) < 4.78 is 0. The van der Waals surface area contributed by atoms with Gasteiger partial charge in [0.1, 0.15) is 5.01 Å². The third kappa shape index (κ3) is 2.66. The van der Waals surface area contributed by atoms with Crippen LogP contribution >= 0.6 is 11.3 Å². The molecule has 5 rings (SSSR count). The maximum atomic E-state index is 4.45. The molecule has 5 heteroatoms. The maximum absolute atomic E-state index is 4.45. The number of anilines is 1. The van der Waals surface area contributed by atoms with E-state index in [-0.39, 0.29) is 0 Å². The first-order chi connectivity index (χ1) is 12.4. The first-order valence-corrected chi connectivity index (χ1v) is 9.18. The molecule has 25 heavy (non-hydrogen) atoms. The van der Waals surface area contributed by atoms with E-state index in [1.54, 1.807) is 11.3 Å². The van der Waals surface area contributed by atoms with Crippen LogP contribution in [0, 0.1) is 0 Å². The van der Waals surface area contributed by atoms with Gasteiger partial charge in [-0.3, -0.25) is 4.98 Å². The van der Waals surface area contributed by atoms with Crippen LogP contribution in [-0.4, -0.2) is 21.7 Å². The monoisotopic (exact) mass is 344 g/mol. The predicted octanol–water partition coefficient (Wildman–Crippen LogP) is 4.32. The Balaban J connectivity index is 1.45. The fourth-order valence-electron chi connectivity index (χ4n) is 3.34. The molecule has 0 unspecified atom stereocenters. The Kier molecular flexibility index (Phi) is 3.45. The van der Waals surface area contributed by atoms with Crippen LogP contribution in [0.4, 0.5) is 5.13 Å². The van der Waals surface area contributed by atoms with E-state index < -0.39 is 0 Å². The first kappa shape index (κ1) is 14.5. The highest BCUT2D eigenvalue weighted by atomic mass is 32.1. The smallest absolute Gasteiger partial charge is 0.208 e. The van der Waals surface area contributed by atoms with Gasteiger partial charge in [-0.15, -0.1) is 10.2 Å². The van der Waals surface area contributed by atoms with Crippen LogP contribution in [-0.2, 0) is 13.0 Å². The second-order valence-corrected chi connectivity index (χ2v) is 7.22. The molecule has 0 aliphatic carbocycles. The zero-order valence-electron chi connectivity index (χ0n) is 13.6.